The average molecular weight is 228 g/mol. The van der Waals surface area contributed by atoms with Gasteiger partial charge in [-0.1, -0.05) is 26.7 Å². The zero-order valence-electron chi connectivity index (χ0n) is 10.3. The van der Waals surface area contributed by atoms with E-state index in [2.05, 4.69) is 5.32 Å². The van der Waals surface area contributed by atoms with E-state index in [1.54, 1.807) is 0 Å². The Hall–Kier alpha value is -0.610. The molecule has 0 saturated heterocycles. The number of rotatable bonds is 4. The number of aliphatic hydroxyl groups is 1. The van der Waals surface area contributed by atoms with Gasteiger partial charge in [0, 0.05) is 12.5 Å². The van der Waals surface area contributed by atoms with Crippen molar-refractivity contribution in [2.45, 2.75) is 51.7 Å². The van der Waals surface area contributed by atoms with Crippen molar-refractivity contribution in [1.29, 1.82) is 0 Å². The number of nitrogens with one attached hydrogen (secondary N) is 1. The third-order valence-electron chi connectivity index (χ3n) is 3.43. The molecule has 1 fully saturated rings. The molecule has 1 aliphatic carbocycles. The van der Waals surface area contributed by atoms with Crippen molar-refractivity contribution in [3.8, 4) is 0 Å². The van der Waals surface area contributed by atoms with Crippen LogP contribution in [0.25, 0.3) is 0 Å². The van der Waals surface area contributed by atoms with Crippen LogP contribution in [0.2, 0.25) is 0 Å². The Kier molecular flexibility index (Phi) is 5.22. The summed E-state index contributed by atoms with van der Waals surface area (Å²) >= 11 is 0. The zero-order chi connectivity index (χ0) is 12.1. The first-order valence-corrected chi connectivity index (χ1v) is 6.23. The smallest absolute Gasteiger partial charge is 0.237 e. The molecule has 0 aromatic carbocycles. The summed E-state index contributed by atoms with van der Waals surface area (Å²) in [7, 11) is 0. The maximum absolute atomic E-state index is 11.6. The van der Waals surface area contributed by atoms with Crippen LogP contribution in [-0.4, -0.2) is 29.7 Å². The molecule has 1 rings (SSSR count). The van der Waals surface area contributed by atoms with Gasteiger partial charge >= 0.3 is 0 Å². The molecule has 4 heteroatoms. The number of hydrogen-bond acceptors (Lipinski definition) is 3. The molecule has 16 heavy (non-hydrogen) atoms. The van der Waals surface area contributed by atoms with Crippen LogP contribution in [0.4, 0.5) is 0 Å². The number of carbonyl (C=O) groups is 1. The molecule has 1 amide bonds. The summed E-state index contributed by atoms with van der Waals surface area (Å²) in [4.78, 5) is 11.6. The van der Waals surface area contributed by atoms with E-state index >= 15 is 0 Å². The molecule has 0 heterocycles. The second-order valence-electron chi connectivity index (χ2n) is 5.13. The average Bonchev–Trinajstić information content (AvgIpc) is 2.26. The van der Waals surface area contributed by atoms with Gasteiger partial charge in [0.2, 0.25) is 5.91 Å². The molecule has 0 aliphatic heterocycles. The minimum Gasteiger partial charge on any atom is -0.393 e. The predicted octanol–water partition coefficient (Wildman–Crippen LogP) is 0.637. The second kappa shape index (κ2) is 6.21. The van der Waals surface area contributed by atoms with E-state index in [-0.39, 0.29) is 23.8 Å². The van der Waals surface area contributed by atoms with Crippen molar-refractivity contribution >= 4 is 5.91 Å². The first-order valence-electron chi connectivity index (χ1n) is 6.23. The number of hydrogen-bond donors (Lipinski definition) is 3. The lowest BCUT2D eigenvalue weighted by Crippen LogP contribution is -2.46. The number of amides is 1. The van der Waals surface area contributed by atoms with E-state index in [4.69, 9.17) is 5.73 Å². The summed E-state index contributed by atoms with van der Waals surface area (Å²) in [6.45, 7) is 4.42. The van der Waals surface area contributed by atoms with Gasteiger partial charge in [0.05, 0.1) is 12.1 Å². The Bertz CT molecular complexity index is 231. The molecule has 94 valence electrons. The van der Waals surface area contributed by atoms with Crippen molar-refractivity contribution in [2.75, 3.05) is 6.54 Å². The molecule has 4 N–H and O–H groups in total. The largest absolute Gasteiger partial charge is 0.393 e. The second-order valence-corrected chi connectivity index (χ2v) is 5.13. The first-order chi connectivity index (χ1) is 7.52. The molecule has 0 spiro atoms. The van der Waals surface area contributed by atoms with E-state index in [0.717, 1.165) is 25.7 Å². The highest BCUT2D eigenvalue weighted by atomic mass is 16.3. The maximum Gasteiger partial charge on any atom is 0.237 e. The van der Waals surface area contributed by atoms with Crippen LogP contribution in [0, 0.1) is 11.8 Å². The standard InChI is InChI=1S/C12H24N2O2/c1-8(2)11(13)12(16)14-7-9-5-3-4-6-10(9)15/h8-11,15H,3-7,13H2,1-2H3,(H,14,16)/t9?,10?,11-/m0/s1. The van der Waals surface area contributed by atoms with E-state index in [1.807, 2.05) is 13.8 Å². The third-order valence-corrected chi connectivity index (χ3v) is 3.43. The Morgan fingerprint density at radius 1 is 1.44 bits per heavy atom. The molecular weight excluding hydrogens is 204 g/mol. The van der Waals surface area contributed by atoms with Crippen LogP contribution in [0.5, 0.6) is 0 Å². The SMILES string of the molecule is CC(C)[C@H](N)C(=O)NCC1CCCCC1O. The summed E-state index contributed by atoms with van der Waals surface area (Å²) in [5.41, 5.74) is 5.74. The Morgan fingerprint density at radius 3 is 2.62 bits per heavy atom. The van der Waals surface area contributed by atoms with Crippen molar-refractivity contribution < 1.29 is 9.90 Å². The van der Waals surface area contributed by atoms with Crippen LogP contribution >= 0.6 is 0 Å². The quantitative estimate of drug-likeness (QED) is 0.661. The van der Waals surface area contributed by atoms with Crippen LogP contribution in [0.1, 0.15) is 39.5 Å². The fourth-order valence-corrected chi connectivity index (χ4v) is 2.08. The summed E-state index contributed by atoms with van der Waals surface area (Å²) in [6.07, 6.45) is 3.84. The lowest BCUT2D eigenvalue weighted by atomic mass is 9.86. The summed E-state index contributed by atoms with van der Waals surface area (Å²) < 4.78 is 0. The van der Waals surface area contributed by atoms with E-state index < -0.39 is 6.04 Å². The van der Waals surface area contributed by atoms with Crippen LogP contribution < -0.4 is 11.1 Å². The van der Waals surface area contributed by atoms with Crippen molar-refractivity contribution in [2.24, 2.45) is 17.6 Å². The molecule has 0 aromatic rings. The molecule has 0 bridgehead atoms. The molecule has 0 aromatic heterocycles. The fourth-order valence-electron chi connectivity index (χ4n) is 2.08. The van der Waals surface area contributed by atoms with Gasteiger partial charge in [0.1, 0.15) is 0 Å². The van der Waals surface area contributed by atoms with Gasteiger partial charge in [0.15, 0.2) is 0 Å². The highest BCUT2D eigenvalue weighted by molar-refractivity contribution is 5.81. The van der Waals surface area contributed by atoms with Gasteiger partial charge in [-0.15, -0.1) is 0 Å². The maximum atomic E-state index is 11.6. The summed E-state index contributed by atoms with van der Waals surface area (Å²) in [5, 5.41) is 12.6. The van der Waals surface area contributed by atoms with Crippen LogP contribution in [0.15, 0.2) is 0 Å². The normalized spacial score (nSPS) is 27.8. The van der Waals surface area contributed by atoms with Crippen LogP contribution in [-0.2, 0) is 4.79 Å². The first kappa shape index (κ1) is 13.5. The lowest BCUT2D eigenvalue weighted by molar-refractivity contribution is -0.123. The Labute approximate surface area is 97.6 Å². The molecule has 4 nitrogen and oxygen atoms in total. The minimum absolute atomic E-state index is 0.104. The summed E-state index contributed by atoms with van der Waals surface area (Å²) in [5.74, 6) is 0.251. The highest BCUT2D eigenvalue weighted by Crippen LogP contribution is 2.23. The minimum atomic E-state index is -0.444. The zero-order valence-corrected chi connectivity index (χ0v) is 10.3. The molecular formula is C12H24N2O2. The molecule has 1 saturated carbocycles. The number of nitrogens with two attached hydrogens (primary N) is 1. The summed E-state index contributed by atoms with van der Waals surface area (Å²) in [6, 6.07) is -0.444. The van der Waals surface area contributed by atoms with Crippen molar-refractivity contribution in [1.82, 2.24) is 5.32 Å². The van der Waals surface area contributed by atoms with Crippen molar-refractivity contribution in [3.05, 3.63) is 0 Å². The molecule has 0 radical (unpaired) electrons. The van der Waals surface area contributed by atoms with Crippen molar-refractivity contribution in [3.63, 3.8) is 0 Å². The predicted molar refractivity (Wildman–Crippen MR) is 63.8 cm³/mol. The van der Waals surface area contributed by atoms with E-state index in [1.165, 1.54) is 0 Å². The fraction of sp³-hybridized carbons (Fsp3) is 0.917. The molecule has 2 unspecified atom stereocenters. The monoisotopic (exact) mass is 228 g/mol. The van der Waals surface area contributed by atoms with Gasteiger partial charge in [-0.25, -0.2) is 0 Å². The van der Waals surface area contributed by atoms with E-state index in [9.17, 15) is 9.90 Å². The van der Waals surface area contributed by atoms with E-state index in [0.29, 0.717) is 6.54 Å². The molecule has 1 aliphatic rings. The van der Waals surface area contributed by atoms with Gasteiger partial charge in [-0.2, -0.15) is 0 Å². The highest BCUT2D eigenvalue weighted by Gasteiger charge is 2.24. The lowest BCUT2D eigenvalue weighted by Gasteiger charge is -2.28. The van der Waals surface area contributed by atoms with Gasteiger partial charge < -0.3 is 16.2 Å². The van der Waals surface area contributed by atoms with Gasteiger partial charge in [-0.05, 0) is 18.8 Å². The van der Waals surface area contributed by atoms with Gasteiger partial charge in [-0.3, -0.25) is 4.79 Å². The van der Waals surface area contributed by atoms with Crippen LogP contribution in [0.3, 0.4) is 0 Å². The number of aliphatic hydroxyl groups excluding tert-OH is 1. The van der Waals surface area contributed by atoms with Gasteiger partial charge in [0.25, 0.3) is 0 Å². The topological polar surface area (TPSA) is 75.4 Å². The molecule has 3 atom stereocenters. The Morgan fingerprint density at radius 2 is 2.06 bits per heavy atom. The Balaban J connectivity index is 2.30. The third kappa shape index (κ3) is 3.76. The number of carbonyl (C=O) groups excluding carboxylic acids is 1.